The molecule has 2 aromatic rings. The lowest BCUT2D eigenvalue weighted by atomic mass is 9.89. The highest BCUT2D eigenvalue weighted by atomic mass is 32.2. The number of thiazole rings is 1. The molecule has 0 unspecified atom stereocenters. The molecule has 0 aliphatic carbocycles. The molecular weight excluding hydrogens is 424 g/mol. The summed E-state index contributed by atoms with van der Waals surface area (Å²) >= 11 is 0.783. The van der Waals surface area contributed by atoms with E-state index in [0.717, 1.165) is 23.1 Å². The van der Waals surface area contributed by atoms with Gasteiger partial charge in [0.15, 0.2) is 4.21 Å². The second-order valence-electron chi connectivity index (χ2n) is 8.02. The highest BCUT2D eigenvalue weighted by molar-refractivity contribution is 7.92. The fourth-order valence-corrected chi connectivity index (χ4v) is 4.97. The molecule has 0 radical (unpaired) electrons. The predicted molar refractivity (Wildman–Crippen MR) is 116 cm³/mol. The molecule has 0 atom stereocenters. The van der Waals surface area contributed by atoms with Crippen molar-refractivity contribution in [3.63, 3.8) is 0 Å². The molecule has 0 spiro atoms. The van der Waals surface area contributed by atoms with Crippen molar-refractivity contribution in [2.45, 2.75) is 63.2 Å². The Morgan fingerprint density at radius 2 is 1.87 bits per heavy atom. The fraction of sp³-hybridized carbons (Fsp3) is 0.450. The number of aromatic nitrogens is 1. The van der Waals surface area contributed by atoms with Gasteiger partial charge in [-0.3, -0.25) is 0 Å². The average molecular weight is 451 g/mol. The van der Waals surface area contributed by atoms with Crippen LogP contribution in [0, 0.1) is 11.3 Å². The van der Waals surface area contributed by atoms with Crippen LogP contribution in [-0.2, 0) is 15.6 Å². The van der Waals surface area contributed by atoms with Crippen molar-refractivity contribution in [2.75, 3.05) is 5.32 Å². The zero-order valence-electron chi connectivity index (χ0n) is 17.8. The molecule has 2 rings (SSSR count). The first-order valence-electron chi connectivity index (χ1n) is 9.37. The molecule has 0 aliphatic rings. The number of rotatable bonds is 6. The third kappa shape index (κ3) is 5.16. The summed E-state index contributed by atoms with van der Waals surface area (Å²) in [7, 11) is -4.18. The first kappa shape index (κ1) is 23.8. The van der Waals surface area contributed by atoms with Gasteiger partial charge in [-0.05, 0) is 42.9 Å². The molecule has 1 aromatic carbocycles. The zero-order valence-corrected chi connectivity index (χ0v) is 19.4. The van der Waals surface area contributed by atoms with Crippen molar-refractivity contribution in [3.05, 3.63) is 40.0 Å². The van der Waals surface area contributed by atoms with Crippen molar-refractivity contribution in [3.8, 4) is 6.07 Å². The first-order valence-corrected chi connectivity index (χ1v) is 11.7. The molecule has 0 saturated carbocycles. The lowest BCUT2D eigenvalue weighted by Gasteiger charge is -2.21. The van der Waals surface area contributed by atoms with Crippen molar-refractivity contribution < 1.29 is 18.3 Å². The van der Waals surface area contributed by atoms with E-state index in [-0.39, 0.29) is 21.1 Å². The number of carbonyl (C=O) groups is 1. The normalized spacial score (nSPS) is 12.1. The van der Waals surface area contributed by atoms with Gasteiger partial charge in [-0.1, -0.05) is 33.8 Å². The molecule has 0 fully saturated rings. The van der Waals surface area contributed by atoms with Gasteiger partial charge >= 0.3 is 6.03 Å². The van der Waals surface area contributed by atoms with Gasteiger partial charge in [0.1, 0.15) is 10.6 Å². The number of urea groups is 1. The van der Waals surface area contributed by atoms with Gasteiger partial charge in [-0.25, -0.2) is 22.9 Å². The highest BCUT2D eigenvalue weighted by Crippen LogP contribution is 2.35. The Morgan fingerprint density at radius 3 is 2.33 bits per heavy atom. The van der Waals surface area contributed by atoms with E-state index in [1.54, 1.807) is 12.1 Å². The SMILES string of the molecule is CC(C)c1ccc(C#N)c(C(C)C)c1NC(=O)NS(=O)(=O)c1cnc(C(C)(C)O)s1. The molecule has 10 heteroatoms. The molecule has 1 aromatic heterocycles. The number of carbonyl (C=O) groups excluding carboxylic acids is 1. The van der Waals surface area contributed by atoms with Crippen LogP contribution in [0.5, 0.6) is 0 Å². The summed E-state index contributed by atoms with van der Waals surface area (Å²) in [5, 5.41) is 22.3. The van der Waals surface area contributed by atoms with E-state index in [1.807, 2.05) is 32.4 Å². The lowest BCUT2D eigenvalue weighted by molar-refractivity contribution is 0.0783. The van der Waals surface area contributed by atoms with Crippen LogP contribution in [0.3, 0.4) is 0 Å². The summed E-state index contributed by atoms with van der Waals surface area (Å²) in [6.07, 6.45) is 1.10. The first-order chi connectivity index (χ1) is 13.8. The Bertz CT molecular complexity index is 1090. The maximum atomic E-state index is 12.6. The third-order valence-electron chi connectivity index (χ3n) is 4.34. The zero-order chi connectivity index (χ0) is 22.9. The van der Waals surface area contributed by atoms with Crippen molar-refractivity contribution in [1.29, 1.82) is 5.26 Å². The van der Waals surface area contributed by atoms with Gasteiger partial charge in [0.05, 0.1) is 23.5 Å². The molecule has 8 nitrogen and oxygen atoms in total. The highest BCUT2D eigenvalue weighted by Gasteiger charge is 2.27. The van der Waals surface area contributed by atoms with E-state index in [4.69, 9.17) is 0 Å². The van der Waals surface area contributed by atoms with Gasteiger partial charge in [0.25, 0.3) is 10.0 Å². The summed E-state index contributed by atoms with van der Waals surface area (Å²) in [4.78, 5) is 16.5. The van der Waals surface area contributed by atoms with Gasteiger partial charge in [0, 0.05) is 0 Å². The molecule has 3 N–H and O–H groups in total. The number of nitriles is 1. The van der Waals surface area contributed by atoms with E-state index < -0.39 is 21.7 Å². The smallest absolute Gasteiger partial charge is 0.333 e. The number of nitrogens with zero attached hydrogens (tertiary/aromatic N) is 2. The average Bonchev–Trinajstić information content (AvgIpc) is 3.11. The molecule has 30 heavy (non-hydrogen) atoms. The second kappa shape index (κ2) is 8.71. The summed E-state index contributed by atoms with van der Waals surface area (Å²) < 4.78 is 27.0. The van der Waals surface area contributed by atoms with E-state index in [2.05, 4.69) is 16.4 Å². The molecule has 162 valence electrons. The molecule has 1 heterocycles. The van der Waals surface area contributed by atoms with Crippen LogP contribution in [0.15, 0.2) is 22.5 Å². The van der Waals surface area contributed by atoms with Gasteiger partial charge in [0.2, 0.25) is 0 Å². The van der Waals surface area contributed by atoms with Gasteiger partial charge in [-0.2, -0.15) is 5.26 Å². The Hall–Kier alpha value is -2.48. The fourth-order valence-electron chi connectivity index (χ4n) is 2.93. The minimum absolute atomic E-state index is 0.0398. The van der Waals surface area contributed by atoms with Crippen molar-refractivity contribution in [2.24, 2.45) is 0 Å². The quantitative estimate of drug-likeness (QED) is 0.609. The summed E-state index contributed by atoms with van der Waals surface area (Å²) in [5.41, 5.74) is 1.01. The number of amides is 2. The summed E-state index contributed by atoms with van der Waals surface area (Å²) in [5.74, 6) is -0.0286. The number of hydrogen-bond acceptors (Lipinski definition) is 7. The van der Waals surface area contributed by atoms with Gasteiger partial charge in [-0.15, -0.1) is 11.3 Å². The second-order valence-corrected chi connectivity index (χ2v) is 11.0. The van der Waals surface area contributed by atoms with Crippen LogP contribution in [-0.4, -0.2) is 24.5 Å². The number of aliphatic hydroxyl groups is 1. The Morgan fingerprint density at radius 1 is 1.23 bits per heavy atom. The van der Waals surface area contributed by atoms with E-state index in [1.165, 1.54) is 13.8 Å². The number of sulfonamides is 1. The summed E-state index contributed by atoms with van der Waals surface area (Å²) in [6, 6.07) is 4.66. The predicted octanol–water partition coefficient (Wildman–Crippen LogP) is 4.00. The standard InChI is InChI=1S/C20H26N4O4S2/c1-11(2)14-8-7-13(9-21)16(12(3)4)17(14)23-19(25)24-30(27,28)15-10-22-18(29-15)20(5,6)26/h7-8,10-12,26H,1-6H3,(H2,23,24,25). The van der Waals surface area contributed by atoms with Crippen LogP contribution in [0.2, 0.25) is 0 Å². The van der Waals surface area contributed by atoms with Crippen LogP contribution in [0.25, 0.3) is 0 Å². The topological polar surface area (TPSA) is 132 Å². The van der Waals surface area contributed by atoms with Gasteiger partial charge < -0.3 is 10.4 Å². The lowest BCUT2D eigenvalue weighted by Crippen LogP contribution is -2.34. The molecule has 0 bridgehead atoms. The Balaban J connectivity index is 2.38. The molecule has 0 aliphatic heterocycles. The van der Waals surface area contributed by atoms with E-state index in [9.17, 15) is 23.6 Å². The monoisotopic (exact) mass is 450 g/mol. The van der Waals surface area contributed by atoms with Crippen LogP contribution in [0.1, 0.15) is 75.1 Å². The minimum Gasteiger partial charge on any atom is -0.383 e. The minimum atomic E-state index is -4.18. The third-order valence-corrected chi connectivity index (χ3v) is 7.44. The van der Waals surface area contributed by atoms with Crippen LogP contribution in [0.4, 0.5) is 10.5 Å². The Kier molecular flexibility index (Phi) is 6.91. The van der Waals surface area contributed by atoms with Crippen LogP contribution >= 0.6 is 11.3 Å². The maximum absolute atomic E-state index is 12.6. The van der Waals surface area contributed by atoms with Crippen molar-refractivity contribution >= 4 is 33.1 Å². The molecule has 2 amide bonds. The maximum Gasteiger partial charge on any atom is 0.333 e. The van der Waals surface area contributed by atoms with E-state index in [0.29, 0.717) is 16.8 Å². The largest absolute Gasteiger partial charge is 0.383 e. The Labute approximate surface area is 181 Å². The number of hydrogen-bond donors (Lipinski definition) is 3. The number of anilines is 1. The molecule has 0 saturated heterocycles. The number of benzene rings is 1. The number of nitrogens with one attached hydrogen (secondary N) is 2. The van der Waals surface area contributed by atoms with Crippen LogP contribution < -0.4 is 10.0 Å². The van der Waals surface area contributed by atoms with E-state index >= 15 is 0 Å². The summed E-state index contributed by atoms with van der Waals surface area (Å²) in [6.45, 7) is 10.7. The molecular formula is C20H26N4O4S2. The van der Waals surface area contributed by atoms with Crippen molar-refractivity contribution in [1.82, 2.24) is 9.71 Å².